The molecule has 0 unspecified atom stereocenters. The second-order valence-electron chi connectivity index (χ2n) is 7.33. The van der Waals surface area contributed by atoms with E-state index in [1.165, 1.54) is 43.1 Å². The fourth-order valence-electron chi connectivity index (χ4n) is 3.59. The molecule has 3 heteroatoms. The molecule has 0 radical (unpaired) electrons. The highest BCUT2D eigenvalue weighted by Gasteiger charge is 2.07. The van der Waals surface area contributed by atoms with Crippen LogP contribution in [0.2, 0.25) is 10.0 Å². The molecule has 5 aromatic rings. The first kappa shape index (κ1) is 20.1. The zero-order chi connectivity index (χ0) is 21.2. The van der Waals surface area contributed by atoms with Gasteiger partial charge in [-0.15, -0.1) is 11.3 Å². The van der Waals surface area contributed by atoms with Crippen LogP contribution in [0.4, 0.5) is 0 Å². The van der Waals surface area contributed by atoms with Crippen molar-refractivity contribution >= 4 is 34.5 Å². The summed E-state index contributed by atoms with van der Waals surface area (Å²) in [5.74, 6) is 0. The Morgan fingerprint density at radius 2 is 0.581 bits per heavy atom. The minimum absolute atomic E-state index is 0.757. The van der Waals surface area contributed by atoms with Crippen LogP contribution in [0.1, 0.15) is 0 Å². The van der Waals surface area contributed by atoms with Crippen LogP contribution in [0.25, 0.3) is 43.1 Å². The van der Waals surface area contributed by atoms with Gasteiger partial charge in [-0.25, -0.2) is 0 Å². The molecule has 0 N–H and O–H groups in total. The third kappa shape index (κ3) is 4.45. The molecule has 0 atom stereocenters. The van der Waals surface area contributed by atoms with Gasteiger partial charge in [-0.1, -0.05) is 96.0 Å². The standard InChI is InChI=1S/C28H18Cl2S/c29-25-13-9-21(10-14-25)19-1-5-23(6-2-19)27-17-18-28(31-27)24-7-3-20(4-8-24)22-11-15-26(30)16-12-22/h1-18H. The van der Waals surface area contributed by atoms with Crippen LogP contribution in [0.15, 0.2) is 109 Å². The van der Waals surface area contributed by atoms with Gasteiger partial charge in [0.25, 0.3) is 0 Å². The molecule has 0 saturated heterocycles. The zero-order valence-corrected chi connectivity index (χ0v) is 18.9. The molecular formula is C28H18Cl2S. The molecule has 0 bridgehead atoms. The fourth-order valence-corrected chi connectivity index (χ4v) is 4.86. The van der Waals surface area contributed by atoms with Gasteiger partial charge in [-0.2, -0.15) is 0 Å². The maximum absolute atomic E-state index is 6.00. The van der Waals surface area contributed by atoms with Crippen molar-refractivity contribution in [3.8, 4) is 43.1 Å². The largest absolute Gasteiger partial charge is 0.135 e. The summed E-state index contributed by atoms with van der Waals surface area (Å²) in [6.45, 7) is 0. The van der Waals surface area contributed by atoms with E-state index in [1.807, 2.05) is 59.9 Å². The molecule has 1 aromatic heterocycles. The van der Waals surface area contributed by atoms with E-state index in [0.717, 1.165) is 10.0 Å². The summed E-state index contributed by atoms with van der Waals surface area (Å²) in [6.07, 6.45) is 0. The van der Waals surface area contributed by atoms with E-state index in [0.29, 0.717) is 0 Å². The van der Waals surface area contributed by atoms with Gasteiger partial charge in [0.2, 0.25) is 0 Å². The molecule has 0 fully saturated rings. The van der Waals surface area contributed by atoms with Gasteiger partial charge in [0.05, 0.1) is 0 Å². The molecule has 0 spiro atoms. The highest BCUT2D eigenvalue weighted by Crippen LogP contribution is 2.36. The van der Waals surface area contributed by atoms with Crippen LogP contribution in [0.5, 0.6) is 0 Å². The van der Waals surface area contributed by atoms with Gasteiger partial charge >= 0.3 is 0 Å². The molecule has 4 aromatic carbocycles. The second kappa shape index (κ2) is 8.72. The lowest BCUT2D eigenvalue weighted by Crippen LogP contribution is -1.78. The van der Waals surface area contributed by atoms with E-state index in [4.69, 9.17) is 23.2 Å². The second-order valence-corrected chi connectivity index (χ2v) is 9.29. The molecule has 0 aliphatic heterocycles. The highest BCUT2D eigenvalue weighted by atomic mass is 35.5. The molecule has 31 heavy (non-hydrogen) atoms. The van der Waals surface area contributed by atoms with E-state index in [9.17, 15) is 0 Å². The van der Waals surface area contributed by atoms with E-state index >= 15 is 0 Å². The molecule has 1 heterocycles. The van der Waals surface area contributed by atoms with E-state index < -0.39 is 0 Å². The summed E-state index contributed by atoms with van der Waals surface area (Å²) in [4.78, 5) is 2.53. The van der Waals surface area contributed by atoms with Crippen LogP contribution in [-0.4, -0.2) is 0 Å². The topological polar surface area (TPSA) is 0 Å². The molecule has 0 aliphatic carbocycles. The normalized spacial score (nSPS) is 10.9. The first-order valence-electron chi connectivity index (χ1n) is 9.98. The summed E-state index contributed by atoms with van der Waals surface area (Å²) in [6, 6.07) is 37.7. The summed E-state index contributed by atoms with van der Waals surface area (Å²) >= 11 is 13.8. The lowest BCUT2D eigenvalue weighted by Gasteiger charge is -2.04. The average Bonchev–Trinajstić information content (AvgIpc) is 3.31. The summed E-state index contributed by atoms with van der Waals surface area (Å²) in [5, 5.41) is 1.51. The Morgan fingerprint density at radius 3 is 0.903 bits per heavy atom. The Labute approximate surface area is 196 Å². The number of benzene rings is 4. The Balaban J connectivity index is 1.36. The quantitative estimate of drug-likeness (QED) is 0.252. The van der Waals surface area contributed by atoms with Gasteiger partial charge in [0.1, 0.15) is 0 Å². The van der Waals surface area contributed by atoms with Crippen LogP contribution in [-0.2, 0) is 0 Å². The van der Waals surface area contributed by atoms with Crippen molar-refractivity contribution in [2.45, 2.75) is 0 Å². The van der Waals surface area contributed by atoms with Gasteiger partial charge in [0.15, 0.2) is 0 Å². The summed E-state index contributed by atoms with van der Waals surface area (Å²) < 4.78 is 0. The Kier molecular flexibility index (Phi) is 5.65. The molecule has 5 rings (SSSR count). The zero-order valence-electron chi connectivity index (χ0n) is 16.6. The van der Waals surface area contributed by atoms with Gasteiger partial charge in [0, 0.05) is 19.8 Å². The number of hydrogen-bond acceptors (Lipinski definition) is 1. The van der Waals surface area contributed by atoms with E-state index in [-0.39, 0.29) is 0 Å². The fraction of sp³-hybridized carbons (Fsp3) is 0. The van der Waals surface area contributed by atoms with Crippen molar-refractivity contribution < 1.29 is 0 Å². The number of halogens is 2. The SMILES string of the molecule is Clc1ccc(-c2ccc(-c3ccc(-c4ccc(-c5ccc(Cl)cc5)cc4)s3)cc2)cc1. The summed E-state index contributed by atoms with van der Waals surface area (Å²) in [5.41, 5.74) is 7.18. The van der Waals surface area contributed by atoms with Crippen molar-refractivity contribution in [2.75, 3.05) is 0 Å². The van der Waals surface area contributed by atoms with E-state index in [1.54, 1.807) is 0 Å². The van der Waals surface area contributed by atoms with Gasteiger partial charge in [-0.3, -0.25) is 0 Å². The Bertz CT molecular complexity index is 1190. The minimum Gasteiger partial charge on any atom is -0.135 e. The summed E-state index contributed by atoms with van der Waals surface area (Å²) in [7, 11) is 0. The third-order valence-electron chi connectivity index (χ3n) is 5.30. The van der Waals surface area contributed by atoms with Crippen LogP contribution >= 0.6 is 34.5 Å². The van der Waals surface area contributed by atoms with Crippen molar-refractivity contribution in [1.82, 2.24) is 0 Å². The monoisotopic (exact) mass is 456 g/mol. The Morgan fingerprint density at radius 1 is 0.323 bits per heavy atom. The van der Waals surface area contributed by atoms with E-state index in [2.05, 4.69) is 60.7 Å². The molecule has 150 valence electrons. The maximum atomic E-state index is 6.00. The first-order valence-corrected chi connectivity index (χ1v) is 11.6. The molecule has 0 aliphatic rings. The van der Waals surface area contributed by atoms with Crippen molar-refractivity contribution in [3.63, 3.8) is 0 Å². The van der Waals surface area contributed by atoms with Gasteiger partial charge < -0.3 is 0 Å². The molecule has 0 amide bonds. The molecular weight excluding hydrogens is 439 g/mol. The van der Waals surface area contributed by atoms with Crippen molar-refractivity contribution in [2.24, 2.45) is 0 Å². The smallest absolute Gasteiger partial charge is 0.0406 e. The predicted molar refractivity (Wildman–Crippen MR) is 136 cm³/mol. The number of hydrogen-bond donors (Lipinski definition) is 0. The lowest BCUT2D eigenvalue weighted by molar-refractivity contribution is 1.61. The minimum atomic E-state index is 0.757. The highest BCUT2D eigenvalue weighted by molar-refractivity contribution is 7.18. The van der Waals surface area contributed by atoms with Crippen molar-refractivity contribution in [1.29, 1.82) is 0 Å². The van der Waals surface area contributed by atoms with Gasteiger partial charge in [-0.05, 0) is 69.8 Å². The van der Waals surface area contributed by atoms with Crippen LogP contribution in [0.3, 0.4) is 0 Å². The predicted octanol–water partition coefficient (Wildman–Crippen LogP) is 9.72. The van der Waals surface area contributed by atoms with Crippen LogP contribution < -0.4 is 0 Å². The molecule has 0 nitrogen and oxygen atoms in total. The average molecular weight is 457 g/mol. The first-order chi connectivity index (χ1) is 15.2. The van der Waals surface area contributed by atoms with Crippen LogP contribution in [0, 0.1) is 0 Å². The maximum Gasteiger partial charge on any atom is 0.0406 e. The number of rotatable bonds is 4. The van der Waals surface area contributed by atoms with Crippen molar-refractivity contribution in [3.05, 3.63) is 119 Å². The third-order valence-corrected chi connectivity index (χ3v) is 6.99. The number of thiophene rings is 1. The lowest BCUT2D eigenvalue weighted by atomic mass is 10.0. The molecule has 0 saturated carbocycles. The Hall–Kier alpha value is -2.84.